The average Bonchev–Trinajstić information content (AvgIpc) is 2.39. The molecular weight excluding hydrogens is 236 g/mol. The Labute approximate surface area is 116 Å². The molecule has 1 unspecified atom stereocenters. The van der Waals surface area contributed by atoms with E-state index in [2.05, 4.69) is 61.3 Å². The molecule has 0 amide bonds. The number of hydrogen-bond acceptors (Lipinski definition) is 3. The van der Waals surface area contributed by atoms with E-state index in [0.29, 0.717) is 6.04 Å². The van der Waals surface area contributed by atoms with Gasteiger partial charge in [0.2, 0.25) is 0 Å². The van der Waals surface area contributed by atoms with Crippen LogP contribution in [0.4, 0.5) is 0 Å². The third kappa shape index (κ3) is 4.03. The van der Waals surface area contributed by atoms with Gasteiger partial charge in [-0.05, 0) is 26.0 Å². The number of hydrogen-bond donors (Lipinski definition) is 1. The lowest BCUT2D eigenvalue weighted by molar-refractivity contribution is -0.0974. The standard InChI is InChI=1S/C16H26N2O/c1-4-17-12-15(14-8-6-5-7-9-14)18-10-11-19-16(2,3)13-18/h5-9,15,17H,4,10-13H2,1-3H3. The summed E-state index contributed by atoms with van der Waals surface area (Å²) < 4.78 is 5.82. The van der Waals surface area contributed by atoms with Crippen molar-refractivity contribution in [1.29, 1.82) is 0 Å². The van der Waals surface area contributed by atoms with Crippen LogP contribution in [0.15, 0.2) is 30.3 Å². The van der Waals surface area contributed by atoms with E-state index in [0.717, 1.165) is 32.8 Å². The van der Waals surface area contributed by atoms with Gasteiger partial charge in [0.05, 0.1) is 12.2 Å². The third-order valence-electron chi connectivity index (χ3n) is 3.67. The Morgan fingerprint density at radius 1 is 1.32 bits per heavy atom. The van der Waals surface area contributed by atoms with Crippen LogP contribution in [0.3, 0.4) is 0 Å². The van der Waals surface area contributed by atoms with E-state index in [1.165, 1.54) is 5.56 Å². The number of benzene rings is 1. The van der Waals surface area contributed by atoms with Gasteiger partial charge in [-0.3, -0.25) is 4.90 Å². The topological polar surface area (TPSA) is 24.5 Å². The number of likely N-dealkylation sites (N-methyl/N-ethyl adjacent to an activating group) is 1. The lowest BCUT2D eigenvalue weighted by atomic mass is 10.0. The molecule has 3 heteroatoms. The zero-order valence-corrected chi connectivity index (χ0v) is 12.4. The number of morpholine rings is 1. The zero-order chi connectivity index (χ0) is 13.7. The van der Waals surface area contributed by atoms with Gasteiger partial charge in [-0.25, -0.2) is 0 Å². The summed E-state index contributed by atoms with van der Waals surface area (Å²) in [6, 6.07) is 11.2. The molecule has 0 aromatic heterocycles. The van der Waals surface area contributed by atoms with E-state index < -0.39 is 0 Å². The molecule has 1 aliphatic heterocycles. The average molecular weight is 262 g/mol. The van der Waals surface area contributed by atoms with E-state index in [4.69, 9.17) is 4.74 Å². The second-order valence-electron chi connectivity index (χ2n) is 5.81. The van der Waals surface area contributed by atoms with Crippen LogP contribution in [0.1, 0.15) is 32.4 Å². The molecule has 0 radical (unpaired) electrons. The largest absolute Gasteiger partial charge is 0.373 e. The molecular formula is C16H26N2O. The predicted octanol–water partition coefficient (Wildman–Crippen LogP) is 2.45. The van der Waals surface area contributed by atoms with Crippen LogP contribution in [-0.4, -0.2) is 43.3 Å². The smallest absolute Gasteiger partial charge is 0.0753 e. The first kappa shape index (κ1) is 14.5. The van der Waals surface area contributed by atoms with E-state index in [-0.39, 0.29) is 5.60 Å². The minimum Gasteiger partial charge on any atom is -0.373 e. The first-order chi connectivity index (χ1) is 9.12. The summed E-state index contributed by atoms with van der Waals surface area (Å²) in [5.41, 5.74) is 1.35. The van der Waals surface area contributed by atoms with E-state index in [9.17, 15) is 0 Å². The minimum atomic E-state index is -0.0442. The second kappa shape index (κ2) is 6.51. The summed E-state index contributed by atoms with van der Waals surface area (Å²) in [5.74, 6) is 0. The lowest BCUT2D eigenvalue weighted by Gasteiger charge is -2.42. The number of nitrogens with one attached hydrogen (secondary N) is 1. The summed E-state index contributed by atoms with van der Waals surface area (Å²) in [6.07, 6.45) is 0. The Kier molecular flexibility index (Phi) is 4.97. The van der Waals surface area contributed by atoms with Crippen molar-refractivity contribution in [2.75, 3.05) is 32.8 Å². The van der Waals surface area contributed by atoms with Crippen molar-refractivity contribution in [2.24, 2.45) is 0 Å². The van der Waals surface area contributed by atoms with E-state index in [1.54, 1.807) is 0 Å². The number of nitrogens with zero attached hydrogens (tertiary/aromatic N) is 1. The maximum absolute atomic E-state index is 5.82. The molecule has 0 aliphatic carbocycles. The molecule has 1 atom stereocenters. The number of rotatable bonds is 5. The van der Waals surface area contributed by atoms with Crippen molar-refractivity contribution in [2.45, 2.75) is 32.4 Å². The fourth-order valence-electron chi connectivity index (χ4n) is 2.73. The van der Waals surface area contributed by atoms with Gasteiger partial charge in [0, 0.05) is 25.7 Å². The Hall–Kier alpha value is -0.900. The fourth-order valence-corrected chi connectivity index (χ4v) is 2.73. The van der Waals surface area contributed by atoms with E-state index in [1.807, 2.05) is 0 Å². The summed E-state index contributed by atoms with van der Waals surface area (Å²) in [6.45, 7) is 11.3. The Morgan fingerprint density at radius 2 is 2.05 bits per heavy atom. The van der Waals surface area contributed by atoms with Crippen LogP contribution in [0, 0.1) is 0 Å². The Balaban J connectivity index is 2.13. The van der Waals surface area contributed by atoms with Crippen molar-refractivity contribution >= 4 is 0 Å². The second-order valence-corrected chi connectivity index (χ2v) is 5.81. The SMILES string of the molecule is CCNCC(c1ccccc1)N1CCOC(C)(C)C1. The molecule has 1 heterocycles. The predicted molar refractivity (Wildman–Crippen MR) is 79.3 cm³/mol. The summed E-state index contributed by atoms with van der Waals surface area (Å²) >= 11 is 0. The van der Waals surface area contributed by atoms with Crippen molar-refractivity contribution in [3.8, 4) is 0 Å². The highest BCUT2D eigenvalue weighted by Crippen LogP contribution is 2.26. The molecule has 1 saturated heterocycles. The Bertz CT molecular complexity index is 378. The molecule has 1 N–H and O–H groups in total. The molecule has 1 aromatic carbocycles. The van der Waals surface area contributed by atoms with Crippen molar-refractivity contribution in [3.05, 3.63) is 35.9 Å². The van der Waals surface area contributed by atoms with Gasteiger partial charge >= 0.3 is 0 Å². The van der Waals surface area contributed by atoms with E-state index >= 15 is 0 Å². The molecule has 1 aliphatic rings. The maximum Gasteiger partial charge on any atom is 0.0753 e. The number of ether oxygens (including phenoxy) is 1. The zero-order valence-electron chi connectivity index (χ0n) is 12.4. The highest BCUT2D eigenvalue weighted by molar-refractivity contribution is 5.19. The van der Waals surface area contributed by atoms with Crippen LogP contribution in [-0.2, 0) is 4.74 Å². The molecule has 1 fully saturated rings. The molecule has 106 valence electrons. The quantitative estimate of drug-likeness (QED) is 0.882. The van der Waals surface area contributed by atoms with Crippen LogP contribution < -0.4 is 5.32 Å². The first-order valence-corrected chi connectivity index (χ1v) is 7.26. The summed E-state index contributed by atoms with van der Waals surface area (Å²) in [5, 5.41) is 3.49. The molecule has 0 spiro atoms. The minimum absolute atomic E-state index is 0.0442. The van der Waals surface area contributed by atoms with Crippen LogP contribution >= 0.6 is 0 Å². The first-order valence-electron chi connectivity index (χ1n) is 7.26. The lowest BCUT2D eigenvalue weighted by Crippen LogP contribution is -2.51. The molecule has 19 heavy (non-hydrogen) atoms. The van der Waals surface area contributed by atoms with Crippen molar-refractivity contribution in [1.82, 2.24) is 10.2 Å². The highest BCUT2D eigenvalue weighted by Gasteiger charge is 2.31. The van der Waals surface area contributed by atoms with Gasteiger partial charge in [-0.1, -0.05) is 37.3 Å². The van der Waals surface area contributed by atoms with Gasteiger partial charge in [0.1, 0.15) is 0 Å². The van der Waals surface area contributed by atoms with Crippen LogP contribution in [0.2, 0.25) is 0 Å². The maximum atomic E-state index is 5.82. The van der Waals surface area contributed by atoms with Gasteiger partial charge < -0.3 is 10.1 Å². The van der Waals surface area contributed by atoms with Crippen molar-refractivity contribution < 1.29 is 4.74 Å². The van der Waals surface area contributed by atoms with Crippen LogP contribution in [0.5, 0.6) is 0 Å². The van der Waals surface area contributed by atoms with Gasteiger partial charge in [-0.2, -0.15) is 0 Å². The molecule has 0 saturated carbocycles. The summed E-state index contributed by atoms with van der Waals surface area (Å²) in [7, 11) is 0. The molecule has 3 nitrogen and oxygen atoms in total. The molecule has 0 bridgehead atoms. The normalized spacial score (nSPS) is 21.2. The highest BCUT2D eigenvalue weighted by atomic mass is 16.5. The Morgan fingerprint density at radius 3 is 2.68 bits per heavy atom. The summed E-state index contributed by atoms with van der Waals surface area (Å²) in [4.78, 5) is 2.54. The molecule has 1 aromatic rings. The molecule has 2 rings (SSSR count). The third-order valence-corrected chi connectivity index (χ3v) is 3.67. The van der Waals surface area contributed by atoms with Gasteiger partial charge in [0.15, 0.2) is 0 Å². The fraction of sp³-hybridized carbons (Fsp3) is 0.625. The van der Waals surface area contributed by atoms with Gasteiger partial charge in [-0.15, -0.1) is 0 Å². The van der Waals surface area contributed by atoms with Crippen molar-refractivity contribution in [3.63, 3.8) is 0 Å². The van der Waals surface area contributed by atoms with Gasteiger partial charge in [0.25, 0.3) is 0 Å². The monoisotopic (exact) mass is 262 g/mol. The van der Waals surface area contributed by atoms with Crippen LogP contribution in [0.25, 0.3) is 0 Å².